The summed E-state index contributed by atoms with van der Waals surface area (Å²) in [4.78, 5) is 26.4. The zero-order chi connectivity index (χ0) is 30.0. The first-order valence-electron chi connectivity index (χ1n) is 14.8. The average molecular weight is 622 g/mol. The molecule has 1 aliphatic heterocycles. The molecule has 1 N–H and O–H groups in total. The molecule has 11 heteroatoms. The molecular formula is C32H36ClN5O4S. The van der Waals surface area contributed by atoms with Crippen LogP contribution in [0.2, 0.25) is 5.02 Å². The van der Waals surface area contributed by atoms with E-state index in [1.54, 1.807) is 41.7 Å². The van der Waals surface area contributed by atoms with Gasteiger partial charge in [-0.1, -0.05) is 36.6 Å². The van der Waals surface area contributed by atoms with Crippen LogP contribution in [0.15, 0.2) is 55.0 Å². The largest absolute Gasteiger partial charge is 0.496 e. The lowest BCUT2D eigenvalue weighted by Gasteiger charge is -2.35. The van der Waals surface area contributed by atoms with Crippen LogP contribution in [0.5, 0.6) is 5.75 Å². The number of aromatic nitrogens is 2. The summed E-state index contributed by atoms with van der Waals surface area (Å²) >= 11 is 6.27. The van der Waals surface area contributed by atoms with E-state index in [1.807, 2.05) is 18.2 Å². The molecule has 3 heterocycles. The molecule has 1 saturated carbocycles. The average Bonchev–Trinajstić information content (AvgIpc) is 3.19. The van der Waals surface area contributed by atoms with E-state index in [1.165, 1.54) is 7.11 Å². The van der Waals surface area contributed by atoms with Gasteiger partial charge in [0.1, 0.15) is 5.75 Å². The van der Waals surface area contributed by atoms with Crippen molar-refractivity contribution in [2.24, 2.45) is 11.8 Å². The van der Waals surface area contributed by atoms with Gasteiger partial charge in [-0.2, -0.15) is 0 Å². The zero-order valence-corrected chi connectivity index (χ0v) is 25.8. The highest BCUT2D eigenvalue weighted by atomic mass is 35.5. The third-order valence-corrected chi connectivity index (χ3v) is 10.7. The zero-order valence-electron chi connectivity index (χ0n) is 24.2. The van der Waals surface area contributed by atoms with Crippen molar-refractivity contribution in [3.05, 3.63) is 81.7 Å². The van der Waals surface area contributed by atoms with E-state index >= 15 is 0 Å². The normalized spacial score (nSPS) is 20.8. The predicted molar refractivity (Wildman–Crippen MR) is 167 cm³/mol. The van der Waals surface area contributed by atoms with Gasteiger partial charge >= 0.3 is 0 Å². The van der Waals surface area contributed by atoms with Crippen LogP contribution in [0, 0.1) is 11.8 Å². The number of fused-ring (bicyclic) bond motifs is 2. The number of anilines is 1. The summed E-state index contributed by atoms with van der Waals surface area (Å²) in [5, 5.41) is 2.03. The van der Waals surface area contributed by atoms with Gasteiger partial charge in [-0.3, -0.25) is 24.4 Å². The van der Waals surface area contributed by atoms with Crippen molar-refractivity contribution < 1.29 is 17.9 Å². The van der Waals surface area contributed by atoms with Crippen molar-refractivity contribution in [3.8, 4) is 5.75 Å². The van der Waals surface area contributed by atoms with E-state index in [4.69, 9.17) is 16.3 Å². The molecule has 6 rings (SSSR count). The number of piperazine rings is 1. The second kappa shape index (κ2) is 12.6. The number of nitrogens with one attached hydrogen (secondary N) is 1. The monoisotopic (exact) mass is 621 g/mol. The van der Waals surface area contributed by atoms with Gasteiger partial charge < -0.3 is 9.64 Å². The molecule has 0 bridgehead atoms. The first kappa shape index (κ1) is 29.6. The summed E-state index contributed by atoms with van der Waals surface area (Å²) in [7, 11) is -2.44. The topological polar surface area (TPSA) is 105 Å². The van der Waals surface area contributed by atoms with Crippen molar-refractivity contribution in [2.45, 2.75) is 38.6 Å². The Kier molecular flexibility index (Phi) is 8.70. The van der Waals surface area contributed by atoms with Crippen LogP contribution in [-0.2, 0) is 16.6 Å². The van der Waals surface area contributed by atoms with E-state index in [0.717, 1.165) is 36.5 Å². The lowest BCUT2D eigenvalue weighted by molar-refractivity contribution is 0.0625. The van der Waals surface area contributed by atoms with Gasteiger partial charge in [-0.15, -0.1) is 0 Å². The van der Waals surface area contributed by atoms with Crippen molar-refractivity contribution >= 4 is 44.2 Å². The fourth-order valence-corrected chi connectivity index (χ4v) is 8.10. The lowest BCUT2D eigenvalue weighted by atomic mass is 9.78. The summed E-state index contributed by atoms with van der Waals surface area (Å²) in [6, 6.07) is 10.6. The molecule has 1 amide bonds. The Morgan fingerprint density at radius 3 is 2.70 bits per heavy atom. The molecule has 2 fully saturated rings. The Balaban J connectivity index is 1.19. The minimum absolute atomic E-state index is 0.150. The Hall–Kier alpha value is -3.47. The molecule has 0 radical (unpaired) electrons. The van der Waals surface area contributed by atoms with Crippen LogP contribution in [0.3, 0.4) is 0 Å². The van der Waals surface area contributed by atoms with Crippen LogP contribution in [0.1, 0.15) is 48.0 Å². The van der Waals surface area contributed by atoms with Gasteiger partial charge in [0.2, 0.25) is 0 Å². The number of nitrogens with zero attached hydrogens (tertiary/aromatic N) is 4. The molecule has 1 saturated heterocycles. The molecule has 2 aromatic heterocycles. The Morgan fingerprint density at radius 2 is 1.91 bits per heavy atom. The highest BCUT2D eigenvalue weighted by Crippen LogP contribution is 2.38. The summed E-state index contributed by atoms with van der Waals surface area (Å²) in [5.41, 5.74) is 1.74. The first-order valence-corrected chi connectivity index (χ1v) is 16.7. The molecule has 3 aromatic rings. The maximum Gasteiger partial charge on any atom is 0.260 e. The van der Waals surface area contributed by atoms with Gasteiger partial charge in [0.15, 0.2) is 0 Å². The number of ether oxygens (including phenoxy) is 1. The van der Waals surface area contributed by atoms with Gasteiger partial charge in [0, 0.05) is 57.4 Å². The number of hydrogen-bond donors (Lipinski definition) is 1. The lowest BCUT2D eigenvalue weighted by Crippen LogP contribution is -2.48. The SMILES string of the molecule is COc1cc(NS(=O)(=O)C2=c3ncccc3=CC3CCCCC3C2)ccc1C(=O)N1CCN(Cc2ccncc2Cl)CC1. The molecule has 2 unspecified atom stereocenters. The number of benzene rings is 1. The second-order valence-electron chi connectivity index (χ2n) is 11.5. The van der Waals surface area contributed by atoms with E-state index in [0.29, 0.717) is 77.3 Å². The van der Waals surface area contributed by atoms with E-state index in [2.05, 4.69) is 25.7 Å². The van der Waals surface area contributed by atoms with Crippen molar-refractivity contribution in [1.29, 1.82) is 0 Å². The van der Waals surface area contributed by atoms with Crippen LogP contribution in [0.25, 0.3) is 11.0 Å². The Labute approximate surface area is 257 Å². The fourth-order valence-electron chi connectivity index (χ4n) is 6.50. The molecule has 2 aliphatic carbocycles. The summed E-state index contributed by atoms with van der Waals surface area (Å²) in [6.07, 6.45) is 12.0. The molecule has 226 valence electrons. The first-order chi connectivity index (χ1) is 20.8. The molecule has 9 nitrogen and oxygen atoms in total. The number of hydrogen-bond acceptors (Lipinski definition) is 7. The van der Waals surface area contributed by atoms with E-state index in [-0.39, 0.29) is 11.8 Å². The number of methoxy groups -OCH3 is 1. The van der Waals surface area contributed by atoms with Crippen molar-refractivity contribution in [1.82, 2.24) is 19.8 Å². The van der Waals surface area contributed by atoms with Gasteiger partial charge in [0.25, 0.3) is 15.9 Å². The maximum atomic E-state index is 13.9. The maximum absolute atomic E-state index is 13.9. The minimum Gasteiger partial charge on any atom is -0.496 e. The number of carbonyl (C=O) groups is 1. The molecule has 1 aromatic carbocycles. The van der Waals surface area contributed by atoms with Crippen LogP contribution < -0.4 is 20.0 Å². The third-order valence-electron chi connectivity index (χ3n) is 8.83. The predicted octanol–water partition coefficient (Wildman–Crippen LogP) is 3.64. The number of carbonyl (C=O) groups excluding carboxylic acids is 1. The summed E-state index contributed by atoms with van der Waals surface area (Å²) < 4.78 is 36.1. The van der Waals surface area contributed by atoms with Crippen LogP contribution in [-0.4, -0.2) is 67.4 Å². The molecule has 43 heavy (non-hydrogen) atoms. The third kappa shape index (κ3) is 6.41. The molecular weight excluding hydrogens is 586 g/mol. The second-order valence-corrected chi connectivity index (χ2v) is 13.6. The Morgan fingerprint density at radius 1 is 1.09 bits per heavy atom. The van der Waals surface area contributed by atoms with Crippen LogP contribution in [0.4, 0.5) is 5.69 Å². The number of pyridine rings is 2. The quantitative estimate of drug-likeness (QED) is 0.430. The highest BCUT2D eigenvalue weighted by molar-refractivity contribution is 8.01. The summed E-state index contributed by atoms with van der Waals surface area (Å²) in [6.45, 7) is 3.22. The molecule has 3 aliphatic rings. The Bertz CT molecular complexity index is 1740. The van der Waals surface area contributed by atoms with E-state index in [9.17, 15) is 13.2 Å². The number of rotatable bonds is 7. The number of amides is 1. The smallest absolute Gasteiger partial charge is 0.260 e. The van der Waals surface area contributed by atoms with Gasteiger partial charge in [-0.25, -0.2) is 8.42 Å². The number of sulfonamides is 1. The van der Waals surface area contributed by atoms with Gasteiger partial charge in [-0.05, 0) is 66.1 Å². The number of halogens is 1. The highest BCUT2D eigenvalue weighted by Gasteiger charge is 2.32. The van der Waals surface area contributed by atoms with Crippen LogP contribution >= 0.6 is 11.6 Å². The van der Waals surface area contributed by atoms with E-state index < -0.39 is 10.0 Å². The molecule has 0 spiro atoms. The minimum atomic E-state index is -3.92. The molecule has 2 atom stereocenters. The fraction of sp³-hybridized carbons (Fsp3) is 0.406. The van der Waals surface area contributed by atoms with Crippen molar-refractivity contribution in [3.63, 3.8) is 0 Å². The van der Waals surface area contributed by atoms with Gasteiger partial charge in [0.05, 0.1) is 33.6 Å². The standard InChI is InChI=1S/C32H36ClN5O4S/c1-42-29-19-26(8-9-27(29)32(39)38-15-13-37(14-16-38)21-25-10-12-34-20-28(25)33)36-43(40,41)30-18-23-6-3-2-5-22(23)17-24-7-4-11-35-31(24)30/h4,7-12,17,19-20,22-23,36H,2-3,5-6,13-16,18,21H2,1H3. The van der Waals surface area contributed by atoms with Crippen molar-refractivity contribution in [2.75, 3.05) is 38.0 Å². The summed E-state index contributed by atoms with van der Waals surface area (Å²) in [5.74, 6) is 0.792.